The largest absolute Gasteiger partial charge is 0.462 e. The van der Waals surface area contributed by atoms with E-state index in [4.69, 9.17) is 16.3 Å². The van der Waals surface area contributed by atoms with E-state index in [9.17, 15) is 9.59 Å². The zero-order chi connectivity index (χ0) is 18.5. The SMILES string of the molecule is CC1=C(C(=O)OCCc2ccccc2)C(c2cccc(Cl)c2)CC(=O)N1. The Bertz CT molecular complexity index is 845. The Hall–Kier alpha value is -2.59. The molecule has 4 nitrogen and oxygen atoms in total. The van der Waals surface area contributed by atoms with Crippen molar-refractivity contribution in [3.05, 3.63) is 82.0 Å². The highest BCUT2D eigenvalue weighted by atomic mass is 35.5. The van der Waals surface area contributed by atoms with Gasteiger partial charge in [0, 0.05) is 29.5 Å². The molecule has 0 fully saturated rings. The summed E-state index contributed by atoms with van der Waals surface area (Å²) in [7, 11) is 0. The van der Waals surface area contributed by atoms with E-state index < -0.39 is 5.97 Å². The van der Waals surface area contributed by atoms with Crippen LogP contribution in [0, 0.1) is 0 Å². The summed E-state index contributed by atoms with van der Waals surface area (Å²) in [5.41, 5.74) is 2.96. The van der Waals surface area contributed by atoms with Gasteiger partial charge in [0.15, 0.2) is 0 Å². The number of rotatable bonds is 5. The Balaban J connectivity index is 1.76. The summed E-state index contributed by atoms with van der Waals surface area (Å²) in [5.74, 6) is -0.872. The second-order valence-corrected chi connectivity index (χ2v) is 6.71. The van der Waals surface area contributed by atoms with Gasteiger partial charge in [-0.3, -0.25) is 4.79 Å². The van der Waals surface area contributed by atoms with Gasteiger partial charge in [-0.15, -0.1) is 0 Å². The maximum Gasteiger partial charge on any atom is 0.336 e. The molecule has 0 spiro atoms. The molecule has 0 radical (unpaired) electrons. The highest BCUT2D eigenvalue weighted by Gasteiger charge is 2.32. The number of hydrogen-bond acceptors (Lipinski definition) is 3. The molecule has 5 heteroatoms. The molecule has 1 heterocycles. The molecular formula is C21H20ClNO3. The van der Waals surface area contributed by atoms with Crippen molar-refractivity contribution >= 4 is 23.5 Å². The second kappa shape index (κ2) is 8.19. The first kappa shape index (κ1) is 18.2. The summed E-state index contributed by atoms with van der Waals surface area (Å²) >= 11 is 6.08. The number of amides is 1. The van der Waals surface area contributed by atoms with Crippen molar-refractivity contribution in [2.75, 3.05) is 6.61 Å². The maximum atomic E-state index is 12.7. The lowest BCUT2D eigenvalue weighted by atomic mass is 9.84. The van der Waals surface area contributed by atoms with Crippen LogP contribution in [-0.2, 0) is 20.7 Å². The third-order valence-electron chi connectivity index (χ3n) is 4.41. The Labute approximate surface area is 157 Å². The fraction of sp³-hybridized carbons (Fsp3) is 0.238. The van der Waals surface area contributed by atoms with E-state index in [-0.39, 0.29) is 24.9 Å². The number of esters is 1. The van der Waals surface area contributed by atoms with Gasteiger partial charge in [-0.05, 0) is 30.2 Å². The van der Waals surface area contributed by atoms with Gasteiger partial charge < -0.3 is 10.1 Å². The molecule has 134 valence electrons. The number of carbonyl (C=O) groups is 2. The molecule has 3 rings (SSSR count). The van der Waals surface area contributed by atoms with Crippen LogP contribution in [0.1, 0.15) is 30.4 Å². The predicted octanol–water partition coefficient (Wildman–Crippen LogP) is 4.00. The van der Waals surface area contributed by atoms with E-state index in [0.29, 0.717) is 22.7 Å². The molecule has 1 unspecified atom stereocenters. The number of nitrogens with one attached hydrogen (secondary N) is 1. The molecule has 0 saturated carbocycles. The predicted molar refractivity (Wildman–Crippen MR) is 101 cm³/mol. The average molecular weight is 370 g/mol. The molecule has 1 atom stereocenters. The number of benzene rings is 2. The third kappa shape index (κ3) is 4.33. The van der Waals surface area contributed by atoms with E-state index in [1.54, 1.807) is 19.1 Å². The zero-order valence-corrected chi connectivity index (χ0v) is 15.3. The van der Waals surface area contributed by atoms with Crippen LogP contribution in [-0.4, -0.2) is 18.5 Å². The molecule has 0 saturated heterocycles. The summed E-state index contributed by atoms with van der Waals surface area (Å²) in [6.07, 6.45) is 0.841. The minimum Gasteiger partial charge on any atom is -0.462 e. The molecule has 1 amide bonds. The van der Waals surface area contributed by atoms with Crippen molar-refractivity contribution in [1.82, 2.24) is 5.32 Å². The van der Waals surface area contributed by atoms with Gasteiger partial charge in [0.25, 0.3) is 0 Å². The highest BCUT2D eigenvalue weighted by molar-refractivity contribution is 6.30. The van der Waals surface area contributed by atoms with Gasteiger partial charge in [-0.2, -0.15) is 0 Å². The van der Waals surface area contributed by atoms with Crippen molar-refractivity contribution in [2.24, 2.45) is 0 Å². The van der Waals surface area contributed by atoms with Crippen LogP contribution in [0.3, 0.4) is 0 Å². The van der Waals surface area contributed by atoms with Gasteiger partial charge in [-0.25, -0.2) is 4.79 Å². The average Bonchev–Trinajstić information content (AvgIpc) is 2.62. The summed E-state index contributed by atoms with van der Waals surface area (Å²) in [6.45, 7) is 2.01. The Morgan fingerprint density at radius 1 is 1.19 bits per heavy atom. The minimum absolute atomic E-state index is 0.117. The summed E-state index contributed by atoms with van der Waals surface area (Å²) in [4.78, 5) is 24.7. The van der Waals surface area contributed by atoms with Crippen molar-refractivity contribution in [1.29, 1.82) is 0 Å². The smallest absolute Gasteiger partial charge is 0.336 e. The highest BCUT2D eigenvalue weighted by Crippen LogP contribution is 2.34. The summed E-state index contributed by atoms with van der Waals surface area (Å²) < 4.78 is 5.49. The molecule has 1 N–H and O–H groups in total. The molecule has 1 aliphatic heterocycles. The maximum absolute atomic E-state index is 12.7. The van der Waals surface area contributed by atoms with Crippen LogP contribution >= 0.6 is 11.6 Å². The monoisotopic (exact) mass is 369 g/mol. The Morgan fingerprint density at radius 2 is 1.96 bits per heavy atom. The Kier molecular flexibility index (Phi) is 5.74. The first-order valence-corrected chi connectivity index (χ1v) is 8.89. The number of allylic oxidation sites excluding steroid dienone is 1. The fourth-order valence-corrected chi connectivity index (χ4v) is 3.36. The zero-order valence-electron chi connectivity index (χ0n) is 14.5. The standard InChI is InChI=1S/C21H20ClNO3/c1-14-20(21(25)26-11-10-15-6-3-2-4-7-15)18(13-19(24)23-14)16-8-5-9-17(22)12-16/h2-9,12,18H,10-11,13H2,1H3,(H,23,24). The first-order valence-electron chi connectivity index (χ1n) is 8.51. The fourth-order valence-electron chi connectivity index (χ4n) is 3.16. The molecule has 2 aromatic carbocycles. The van der Waals surface area contributed by atoms with Crippen molar-refractivity contribution in [3.8, 4) is 0 Å². The van der Waals surface area contributed by atoms with Gasteiger partial charge in [0.1, 0.15) is 0 Å². The molecule has 26 heavy (non-hydrogen) atoms. The molecule has 0 aromatic heterocycles. The van der Waals surface area contributed by atoms with Gasteiger partial charge in [0.05, 0.1) is 12.2 Å². The topological polar surface area (TPSA) is 55.4 Å². The third-order valence-corrected chi connectivity index (χ3v) is 4.64. The lowest BCUT2D eigenvalue weighted by molar-refractivity contribution is -0.139. The minimum atomic E-state index is -0.400. The molecular weight excluding hydrogens is 350 g/mol. The van der Waals surface area contributed by atoms with Crippen molar-refractivity contribution < 1.29 is 14.3 Å². The Morgan fingerprint density at radius 3 is 2.69 bits per heavy atom. The first-order chi connectivity index (χ1) is 12.5. The molecule has 0 aliphatic carbocycles. The van der Waals surface area contributed by atoms with E-state index in [0.717, 1.165) is 11.1 Å². The van der Waals surface area contributed by atoms with Crippen LogP contribution < -0.4 is 5.32 Å². The van der Waals surface area contributed by atoms with Gasteiger partial charge in [0.2, 0.25) is 5.91 Å². The molecule has 2 aromatic rings. The number of ether oxygens (including phenoxy) is 1. The quantitative estimate of drug-likeness (QED) is 0.810. The summed E-state index contributed by atoms with van der Waals surface area (Å²) in [6, 6.07) is 17.1. The van der Waals surface area contributed by atoms with Crippen LogP contribution in [0.25, 0.3) is 0 Å². The normalized spacial score (nSPS) is 17.0. The van der Waals surface area contributed by atoms with Crippen LogP contribution in [0.15, 0.2) is 65.9 Å². The lowest BCUT2D eigenvalue weighted by Crippen LogP contribution is -2.34. The van der Waals surface area contributed by atoms with E-state index >= 15 is 0 Å². The van der Waals surface area contributed by atoms with Crippen LogP contribution in [0.5, 0.6) is 0 Å². The van der Waals surface area contributed by atoms with Crippen LogP contribution in [0.4, 0.5) is 0 Å². The number of carbonyl (C=O) groups excluding carboxylic acids is 2. The van der Waals surface area contributed by atoms with E-state index in [1.807, 2.05) is 42.5 Å². The van der Waals surface area contributed by atoms with Gasteiger partial charge in [-0.1, -0.05) is 54.1 Å². The number of hydrogen-bond donors (Lipinski definition) is 1. The van der Waals surface area contributed by atoms with Crippen LogP contribution in [0.2, 0.25) is 5.02 Å². The summed E-state index contributed by atoms with van der Waals surface area (Å²) in [5, 5.41) is 3.31. The second-order valence-electron chi connectivity index (χ2n) is 6.27. The van der Waals surface area contributed by atoms with Gasteiger partial charge >= 0.3 is 5.97 Å². The number of halogens is 1. The molecule has 0 bridgehead atoms. The van der Waals surface area contributed by atoms with E-state index in [1.165, 1.54) is 0 Å². The van der Waals surface area contributed by atoms with Crippen molar-refractivity contribution in [2.45, 2.75) is 25.7 Å². The van der Waals surface area contributed by atoms with Crippen molar-refractivity contribution in [3.63, 3.8) is 0 Å². The lowest BCUT2D eigenvalue weighted by Gasteiger charge is -2.26. The van der Waals surface area contributed by atoms with E-state index in [2.05, 4.69) is 5.32 Å². The molecule has 1 aliphatic rings.